The van der Waals surface area contributed by atoms with E-state index in [1.165, 1.54) is 24.3 Å². The average molecular weight is 294 g/mol. The maximum atomic E-state index is 11.9. The molecule has 2 aromatic rings. The number of H-pyrrole nitrogens is 1. The van der Waals surface area contributed by atoms with Crippen LogP contribution in [0.3, 0.4) is 0 Å². The van der Waals surface area contributed by atoms with Crippen molar-refractivity contribution in [3.8, 4) is 0 Å². The molecule has 0 unspecified atom stereocenters. The quantitative estimate of drug-likeness (QED) is 0.791. The monoisotopic (exact) mass is 293 g/mol. The number of carboxylic acid groups (broad SMARTS) is 1. The fraction of sp³-hybridized carbons (Fsp3) is 0. The van der Waals surface area contributed by atoms with Crippen LogP contribution in [0.5, 0.6) is 0 Å². The molecule has 0 fully saturated rings. The summed E-state index contributed by atoms with van der Waals surface area (Å²) < 4.78 is 0. The summed E-state index contributed by atoms with van der Waals surface area (Å²) >= 11 is 5.76. The lowest BCUT2D eigenvalue weighted by atomic mass is 10.1. The number of carbonyl (C=O) groups is 2. The molecule has 7 nitrogen and oxygen atoms in total. The second-order valence-corrected chi connectivity index (χ2v) is 4.19. The van der Waals surface area contributed by atoms with E-state index in [4.69, 9.17) is 16.7 Å². The van der Waals surface area contributed by atoms with Crippen molar-refractivity contribution in [3.05, 3.63) is 57.0 Å². The number of amides is 1. The van der Waals surface area contributed by atoms with Gasteiger partial charge >= 0.3 is 5.97 Å². The summed E-state index contributed by atoms with van der Waals surface area (Å²) in [5.41, 5.74) is -0.563. The van der Waals surface area contributed by atoms with Crippen molar-refractivity contribution >= 4 is 29.2 Å². The third-order valence-corrected chi connectivity index (χ3v) is 2.61. The average Bonchev–Trinajstić information content (AvgIpc) is 2.39. The van der Waals surface area contributed by atoms with Gasteiger partial charge in [-0.05, 0) is 24.3 Å². The molecule has 0 radical (unpaired) electrons. The first kappa shape index (κ1) is 13.8. The van der Waals surface area contributed by atoms with Gasteiger partial charge in [0.05, 0.1) is 11.3 Å². The number of carbonyl (C=O) groups excluding carboxylic acids is 1. The van der Waals surface area contributed by atoms with Crippen LogP contribution in [0.2, 0.25) is 5.02 Å². The van der Waals surface area contributed by atoms with Gasteiger partial charge in [-0.25, -0.2) is 9.89 Å². The van der Waals surface area contributed by atoms with Crippen molar-refractivity contribution in [3.63, 3.8) is 0 Å². The van der Waals surface area contributed by atoms with Crippen LogP contribution in [0.25, 0.3) is 0 Å². The van der Waals surface area contributed by atoms with Gasteiger partial charge in [0.15, 0.2) is 0 Å². The summed E-state index contributed by atoms with van der Waals surface area (Å²) in [6.45, 7) is 0. The minimum absolute atomic E-state index is 0.0444. The van der Waals surface area contributed by atoms with E-state index in [9.17, 15) is 14.4 Å². The van der Waals surface area contributed by atoms with Crippen molar-refractivity contribution in [1.82, 2.24) is 10.2 Å². The molecule has 2 rings (SSSR count). The number of carboxylic acids is 1. The third-order valence-electron chi connectivity index (χ3n) is 2.37. The zero-order valence-corrected chi connectivity index (χ0v) is 10.6. The highest BCUT2D eigenvalue weighted by Crippen LogP contribution is 2.21. The molecule has 20 heavy (non-hydrogen) atoms. The lowest BCUT2D eigenvalue weighted by Gasteiger charge is -2.08. The molecule has 3 N–H and O–H groups in total. The van der Waals surface area contributed by atoms with E-state index in [-0.39, 0.29) is 22.0 Å². The second-order valence-electron chi connectivity index (χ2n) is 3.76. The Morgan fingerprint density at radius 1 is 1.25 bits per heavy atom. The molecule has 0 aliphatic carbocycles. The van der Waals surface area contributed by atoms with E-state index in [0.717, 1.165) is 6.07 Å². The molecule has 0 saturated heterocycles. The van der Waals surface area contributed by atoms with Crippen LogP contribution in [0, 0.1) is 0 Å². The number of halogens is 1. The maximum absolute atomic E-state index is 11.9. The Morgan fingerprint density at radius 2 is 2.00 bits per heavy atom. The van der Waals surface area contributed by atoms with Crippen molar-refractivity contribution in [1.29, 1.82) is 0 Å². The SMILES string of the molecule is O=C(Nc1cc(Cl)ccc1C(=O)O)c1ccc(=O)[nH]n1. The van der Waals surface area contributed by atoms with Crippen molar-refractivity contribution in [2.75, 3.05) is 5.32 Å². The summed E-state index contributed by atoms with van der Waals surface area (Å²) in [6, 6.07) is 6.35. The first-order valence-electron chi connectivity index (χ1n) is 5.37. The Hall–Kier alpha value is -2.67. The molecule has 0 bridgehead atoms. The standard InChI is InChI=1S/C12H8ClN3O4/c13-6-1-2-7(12(19)20)9(5-6)14-11(18)8-3-4-10(17)16-15-8/h1-5H,(H,14,18)(H,16,17)(H,19,20). The lowest BCUT2D eigenvalue weighted by molar-refractivity contribution is 0.0698. The highest BCUT2D eigenvalue weighted by atomic mass is 35.5. The maximum Gasteiger partial charge on any atom is 0.337 e. The third kappa shape index (κ3) is 3.01. The zero-order valence-electron chi connectivity index (χ0n) is 9.88. The van der Waals surface area contributed by atoms with Crippen LogP contribution in [-0.4, -0.2) is 27.2 Å². The second kappa shape index (κ2) is 5.54. The van der Waals surface area contributed by atoms with E-state index in [1.807, 2.05) is 0 Å². The lowest BCUT2D eigenvalue weighted by Crippen LogP contribution is -2.19. The zero-order chi connectivity index (χ0) is 14.7. The molecular formula is C12H8ClN3O4. The summed E-state index contributed by atoms with van der Waals surface area (Å²) in [5.74, 6) is -1.86. The first-order chi connectivity index (χ1) is 9.47. The summed E-state index contributed by atoms with van der Waals surface area (Å²) in [7, 11) is 0. The molecule has 1 amide bonds. The predicted octanol–water partition coefficient (Wildman–Crippen LogP) is 1.37. The largest absolute Gasteiger partial charge is 0.478 e. The van der Waals surface area contributed by atoms with Gasteiger partial charge in [-0.3, -0.25) is 9.59 Å². The molecule has 0 aliphatic heterocycles. The Morgan fingerprint density at radius 3 is 2.60 bits per heavy atom. The number of hydrogen-bond donors (Lipinski definition) is 3. The van der Waals surface area contributed by atoms with Gasteiger partial charge in [0, 0.05) is 11.1 Å². The molecule has 8 heteroatoms. The number of rotatable bonds is 3. The van der Waals surface area contributed by atoms with E-state index < -0.39 is 17.4 Å². The number of aromatic nitrogens is 2. The van der Waals surface area contributed by atoms with Crippen molar-refractivity contribution in [2.45, 2.75) is 0 Å². The molecule has 1 heterocycles. The molecule has 102 valence electrons. The fourth-order valence-corrected chi connectivity index (χ4v) is 1.64. The molecule has 1 aromatic heterocycles. The number of benzene rings is 1. The number of anilines is 1. The van der Waals surface area contributed by atoms with Crippen molar-refractivity contribution in [2.24, 2.45) is 0 Å². The van der Waals surface area contributed by atoms with Crippen LogP contribution in [0.15, 0.2) is 35.1 Å². The summed E-state index contributed by atoms with van der Waals surface area (Å²) in [5, 5.41) is 17.3. The Balaban J connectivity index is 2.32. The van der Waals surface area contributed by atoms with Crippen LogP contribution >= 0.6 is 11.6 Å². The van der Waals surface area contributed by atoms with Crippen molar-refractivity contribution < 1.29 is 14.7 Å². The fourth-order valence-electron chi connectivity index (χ4n) is 1.46. The van der Waals surface area contributed by atoms with Gasteiger partial charge < -0.3 is 10.4 Å². The Kier molecular flexibility index (Phi) is 3.81. The Bertz CT molecular complexity index is 721. The van der Waals surface area contributed by atoms with E-state index >= 15 is 0 Å². The Labute approximate surface area is 117 Å². The summed E-state index contributed by atoms with van der Waals surface area (Å²) in [4.78, 5) is 33.8. The van der Waals surface area contributed by atoms with Crippen LogP contribution < -0.4 is 10.9 Å². The van der Waals surface area contributed by atoms with Gasteiger partial charge in [0.1, 0.15) is 5.69 Å². The number of nitrogens with one attached hydrogen (secondary N) is 2. The minimum atomic E-state index is -1.20. The highest BCUT2D eigenvalue weighted by Gasteiger charge is 2.15. The highest BCUT2D eigenvalue weighted by molar-refractivity contribution is 6.31. The van der Waals surface area contributed by atoms with E-state index in [2.05, 4.69) is 15.5 Å². The molecule has 1 aromatic carbocycles. The van der Waals surface area contributed by atoms with Gasteiger partial charge in [-0.1, -0.05) is 11.6 Å². The van der Waals surface area contributed by atoms with Gasteiger partial charge in [0.25, 0.3) is 11.5 Å². The van der Waals surface area contributed by atoms with Gasteiger partial charge in [-0.15, -0.1) is 0 Å². The number of hydrogen-bond acceptors (Lipinski definition) is 4. The van der Waals surface area contributed by atoms with Gasteiger partial charge in [-0.2, -0.15) is 5.10 Å². The predicted molar refractivity (Wildman–Crippen MR) is 71.2 cm³/mol. The molecule has 0 spiro atoms. The van der Waals surface area contributed by atoms with Crippen LogP contribution in [0.1, 0.15) is 20.8 Å². The molecule has 0 saturated carbocycles. The minimum Gasteiger partial charge on any atom is -0.478 e. The summed E-state index contributed by atoms with van der Waals surface area (Å²) in [6.07, 6.45) is 0. The topological polar surface area (TPSA) is 112 Å². The smallest absolute Gasteiger partial charge is 0.337 e. The molecular weight excluding hydrogens is 286 g/mol. The van der Waals surface area contributed by atoms with Gasteiger partial charge in [0.2, 0.25) is 0 Å². The van der Waals surface area contributed by atoms with Crippen LogP contribution in [0.4, 0.5) is 5.69 Å². The number of nitrogens with zero attached hydrogens (tertiary/aromatic N) is 1. The first-order valence-corrected chi connectivity index (χ1v) is 5.75. The molecule has 0 atom stereocenters. The number of aromatic carboxylic acids is 1. The molecule has 0 aliphatic rings. The normalized spacial score (nSPS) is 10.1. The number of aromatic amines is 1. The van der Waals surface area contributed by atoms with E-state index in [1.54, 1.807) is 0 Å². The van der Waals surface area contributed by atoms with E-state index in [0.29, 0.717) is 0 Å². The van der Waals surface area contributed by atoms with Crippen LogP contribution in [-0.2, 0) is 0 Å².